The molecular formula is C16H24N2O3. The van der Waals surface area contributed by atoms with Gasteiger partial charge in [-0.25, -0.2) is 0 Å². The molecule has 2 rings (SSSR count). The largest absolute Gasteiger partial charge is 0.497 e. The smallest absolute Gasteiger partial charge is 0.238 e. The molecule has 1 unspecified atom stereocenters. The van der Waals surface area contributed by atoms with E-state index in [0.717, 1.165) is 6.54 Å². The molecule has 0 radical (unpaired) electrons. The van der Waals surface area contributed by atoms with E-state index in [1.54, 1.807) is 26.4 Å². The Morgan fingerprint density at radius 1 is 1.33 bits per heavy atom. The number of carbonyl (C=O) groups excluding carboxylic acids is 1. The molecule has 1 aliphatic rings. The van der Waals surface area contributed by atoms with E-state index >= 15 is 0 Å². The lowest BCUT2D eigenvalue weighted by molar-refractivity contribution is -0.118. The van der Waals surface area contributed by atoms with E-state index in [-0.39, 0.29) is 5.91 Å². The summed E-state index contributed by atoms with van der Waals surface area (Å²) >= 11 is 0. The number of likely N-dealkylation sites (tertiary alicyclic amines) is 1. The van der Waals surface area contributed by atoms with Gasteiger partial charge in [0, 0.05) is 12.1 Å². The van der Waals surface area contributed by atoms with Gasteiger partial charge in [-0.2, -0.15) is 0 Å². The highest BCUT2D eigenvalue weighted by Crippen LogP contribution is 2.29. The molecule has 1 fully saturated rings. The minimum Gasteiger partial charge on any atom is -0.497 e. The molecule has 1 amide bonds. The number of methoxy groups -OCH3 is 2. The predicted molar refractivity (Wildman–Crippen MR) is 83.1 cm³/mol. The van der Waals surface area contributed by atoms with E-state index in [0.29, 0.717) is 29.8 Å². The molecule has 1 heterocycles. The van der Waals surface area contributed by atoms with Crippen LogP contribution in [0.4, 0.5) is 5.69 Å². The molecule has 5 nitrogen and oxygen atoms in total. The van der Waals surface area contributed by atoms with Gasteiger partial charge in [0.25, 0.3) is 0 Å². The third-order valence-electron chi connectivity index (χ3n) is 3.97. The zero-order valence-corrected chi connectivity index (χ0v) is 13.0. The number of anilines is 1. The van der Waals surface area contributed by atoms with Crippen molar-refractivity contribution in [3.05, 3.63) is 18.2 Å². The SMILES string of the molecule is COc1ccc(NC(=O)CN2CCCCC2C)c(OC)c1. The first-order valence-corrected chi connectivity index (χ1v) is 7.40. The van der Waals surface area contributed by atoms with E-state index in [9.17, 15) is 4.79 Å². The van der Waals surface area contributed by atoms with Crippen molar-refractivity contribution in [3.8, 4) is 11.5 Å². The molecule has 0 aliphatic carbocycles. The second-order valence-electron chi connectivity index (χ2n) is 5.43. The fraction of sp³-hybridized carbons (Fsp3) is 0.562. The molecule has 1 aliphatic heterocycles. The predicted octanol–water partition coefficient (Wildman–Crippen LogP) is 2.52. The number of nitrogens with one attached hydrogen (secondary N) is 1. The van der Waals surface area contributed by atoms with Crippen molar-refractivity contribution < 1.29 is 14.3 Å². The van der Waals surface area contributed by atoms with Gasteiger partial charge in [-0.3, -0.25) is 9.69 Å². The lowest BCUT2D eigenvalue weighted by Gasteiger charge is -2.32. The third-order valence-corrected chi connectivity index (χ3v) is 3.97. The molecule has 1 N–H and O–H groups in total. The molecular weight excluding hydrogens is 268 g/mol. The highest BCUT2D eigenvalue weighted by molar-refractivity contribution is 5.93. The Morgan fingerprint density at radius 2 is 2.14 bits per heavy atom. The Balaban J connectivity index is 1.98. The van der Waals surface area contributed by atoms with E-state index in [1.807, 2.05) is 6.07 Å². The maximum Gasteiger partial charge on any atom is 0.238 e. The highest BCUT2D eigenvalue weighted by Gasteiger charge is 2.21. The second kappa shape index (κ2) is 7.31. The number of hydrogen-bond acceptors (Lipinski definition) is 4. The Morgan fingerprint density at radius 3 is 2.81 bits per heavy atom. The van der Waals surface area contributed by atoms with Crippen molar-refractivity contribution >= 4 is 11.6 Å². The zero-order valence-electron chi connectivity index (χ0n) is 13.0. The molecule has 0 spiro atoms. The van der Waals surface area contributed by atoms with Crippen LogP contribution >= 0.6 is 0 Å². The molecule has 0 saturated carbocycles. The molecule has 1 aromatic carbocycles. The number of piperidine rings is 1. The second-order valence-corrected chi connectivity index (χ2v) is 5.43. The normalized spacial score (nSPS) is 19.1. The van der Waals surface area contributed by atoms with Gasteiger partial charge in [-0.1, -0.05) is 6.42 Å². The summed E-state index contributed by atoms with van der Waals surface area (Å²) in [5, 5.41) is 2.92. The van der Waals surface area contributed by atoms with Crippen LogP contribution in [0.5, 0.6) is 11.5 Å². The van der Waals surface area contributed by atoms with Crippen LogP contribution in [0, 0.1) is 0 Å². The maximum atomic E-state index is 12.2. The first kappa shape index (κ1) is 15.6. The van der Waals surface area contributed by atoms with E-state index in [4.69, 9.17) is 9.47 Å². The Kier molecular flexibility index (Phi) is 5.44. The van der Waals surface area contributed by atoms with Gasteiger partial charge < -0.3 is 14.8 Å². The minimum atomic E-state index is -0.00721. The summed E-state index contributed by atoms with van der Waals surface area (Å²) in [4.78, 5) is 14.4. The van der Waals surface area contributed by atoms with Gasteiger partial charge in [0.2, 0.25) is 5.91 Å². The summed E-state index contributed by atoms with van der Waals surface area (Å²) in [5.41, 5.74) is 0.674. The average Bonchev–Trinajstić information content (AvgIpc) is 2.50. The fourth-order valence-electron chi connectivity index (χ4n) is 2.67. The van der Waals surface area contributed by atoms with Gasteiger partial charge >= 0.3 is 0 Å². The molecule has 21 heavy (non-hydrogen) atoms. The van der Waals surface area contributed by atoms with Crippen molar-refractivity contribution in [2.45, 2.75) is 32.2 Å². The number of nitrogens with zero attached hydrogens (tertiary/aromatic N) is 1. The highest BCUT2D eigenvalue weighted by atomic mass is 16.5. The van der Waals surface area contributed by atoms with Crippen LogP contribution < -0.4 is 14.8 Å². The number of rotatable bonds is 5. The summed E-state index contributed by atoms with van der Waals surface area (Å²) in [6.45, 7) is 3.60. The first-order valence-electron chi connectivity index (χ1n) is 7.40. The van der Waals surface area contributed by atoms with E-state index in [1.165, 1.54) is 19.3 Å². The van der Waals surface area contributed by atoms with Crippen LogP contribution in [0.3, 0.4) is 0 Å². The summed E-state index contributed by atoms with van der Waals surface area (Å²) in [6, 6.07) is 5.85. The molecule has 1 atom stereocenters. The Labute approximate surface area is 126 Å². The van der Waals surface area contributed by atoms with Crippen molar-refractivity contribution in [2.24, 2.45) is 0 Å². The van der Waals surface area contributed by atoms with E-state index in [2.05, 4.69) is 17.1 Å². The quantitative estimate of drug-likeness (QED) is 0.906. The standard InChI is InChI=1S/C16H24N2O3/c1-12-6-4-5-9-18(12)11-16(19)17-14-8-7-13(20-2)10-15(14)21-3/h7-8,10,12H,4-6,9,11H2,1-3H3,(H,17,19). The average molecular weight is 292 g/mol. The van der Waals surface area contributed by atoms with Crippen molar-refractivity contribution in [3.63, 3.8) is 0 Å². The Hall–Kier alpha value is -1.75. The Bertz CT molecular complexity index is 490. The van der Waals surface area contributed by atoms with Crippen LogP contribution in [-0.2, 0) is 4.79 Å². The first-order chi connectivity index (χ1) is 10.1. The third kappa shape index (κ3) is 4.11. The molecule has 116 valence electrons. The van der Waals surface area contributed by atoms with Crippen LogP contribution in [0.25, 0.3) is 0 Å². The van der Waals surface area contributed by atoms with Gasteiger partial charge in [-0.15, -0.1) is 0 Å². The van der Waals surface area contributed by atoms with Crippen LogP contribution in [0.1, 0.15) is 26.2 Å². The molecule has 1 saturated heterocycles. The number of benzene rings is 1. The molecule has 0 bridgehead atoms. The number of hydrogen-bond donors (Lipinski definition) is 1. The lowest BCUT2D eigenvalue weighted by atomic mass is 10.0. The topological polar surface area (TPSA) is 50.8 Å². The van der Waals surface area contributed by atoms with Gasteiger partial charge in [0.15, 0.2) is 0 Å². The van der Waals surface area contributed by atoms with Crippen LogP contribution in [0.2, 0.25) is 0 Å². The minimum absolute atomic E-state index is 0.00721. The summed E-state index contributed by atoms with van der Waals surface area (Å²) < 4.78 is 10.4. The molecule has 1 aromatic rings. The monoisotopic (exact) mass is 292 g/mol. The summed E-state index contributed by atoms with van der Waals surface area (Å²) in [7, 11) is 3.18. The lowest BCUT2D eigenvalue weighted by Crippen LogP contribution is -2.42. The van der Waals surface area contributed by atoms with Gasteiger partial charge in [-0.05, 0) is 38.4 Å². The molecule has 0 aromatic heterocycles. The fourth-order valence-corrected chi connectivity index (χ4v) is 2.67. The number of ether oxygens (including phenoxy) is 2. The van der Waals surface area contributed by atoms with E-state index < -0.39 is 0 Å². The van der Waals surface area contributed by atoms with Gasteiger partial charge in [0.05, 0.1) is 26.5 Å². The van der Waals surface area contributed by atoms with Crippen molar-refractivity contribution in [1.82, 2.24) is 4.90 Å². The zero-order chi connectivity index (χ0) is 15.2. The van der Waals surface area contributed by atoms with Crippen LogP contribution in [0.15, 0.2) is 18.2 Å². The maximum absolute atomic E-state index is 12.2. The number of carbonyl (C=O) groups is 1. The van der Waals surface area contributed by atoms with Gasteiger partial charge in [0.1, 0.15) is 11.5 Å². The summed E-state index contributed by atoms with van der Waals surface area (Å²) in [6.07, 6.45) is 3.59. The van der Waals surface area contributed by atoms with Crippen molar-refractivity contribution in [2.75, 3.05) is 32.6 Å². The van der Waals surface area contributed by atoms with Crippen molar-refractivity contribution in [1.29, 1.82) is 0 Å². The van der Waals surface area contributed by atoms with Crippen LogP contribution in [-0.4, -0.2) is 44.2 Å². The summed E-state index contributed by atoms with van der Waals surface area (Å²) in [5.74, 6) is 1.30. The number of amides is 1. The molecule has 5 heteroatoms.